The van der Waals surface area contributed by atoms with Crippen LogP contribution in [0.2, 0.25) is 0 Å². The number of hydrogen-bond acceptors (Lipinski definition) is 8. The minimum absolute atomic E-state index is 0.0303. The molecule has 7 atom stereocenters. The van der Waals surface area contributed by atoms with Crippen LogP contribution in [0.4, 0.5) is 0 Å². The molecule has 0 heterocycles. The maximum atomic E-state index is 13.1. The molecule has 2 aliphatic carbocycles. The van der Waals surface area contributed by atoms with Crippen LogP contribution in [-0.4, -0.2) is 65.1 Å². The number of nitrogens with zero attached hydrogens (tertiary/aromatic N) is 1. The van der Waals surface area contributed by atoms with Crippen molar-refractivity contribution in [2.24, 2.45) is 28.7 Å². The molecule has 7 unspecified atom stereocenters. The van der Waals surface area contributed by atoms with Crippen molar-refractivity contribution >= 4 is 23.4 Å². The van der Waals surface area contributed by atoms with Gasteiger partial charge in [0.1, 0.15) is 12.7 Å². The molecule has 0 radical (unpaired) electrons. The molecule has 1 saturated carbocycles. The van der Waals surface area contributed by atoms with Gasteiger partial charge >= 0.3 is 11.9 Å². The zero-order valence-corrected chi connectivity index (χ0v) is 25.0. The number of esters is 2. The van der Waals surface area contributed by atoms with Crippen LogP contribution < -0.4 is 0 Å². The fourth-order valence-corrected chi connectivity index (χ4v) is 5.71. The van der Waals surface area contributed by atoms with Crippen molar-refractivity contribution < 1.29 is 34.1 Å². The second-order valence-electron chi connectivity index (χ2n) is 11.5. The molecule has 0 saturated heterocycles. The monoisotopic (exact) mass is 561 g/mol. The summed E-state index contributed by atoms with van der Waals surface area (Å²) in [6.45, 7) is 12.2. The first kappa shape index (κ1) is 33.9. The lowest BCUT2D eigenvalue weighted by molar-refractivity contribution is -0.158. The molecule has 2 rings (SSSR count). The Kier molecular flexibility index (Phi) is 14.8. The van der Waals surface area contributed by atoms with Gasteiger partial charge in [-0.3, -0.25) is 19.4 Å². The van der Waals surface area contributed by atoms with Gasteiger partial charge < -0.3 is 19.7 Å². The minimum atomic E-state index is -1.03. The highest BCUT2D eigenvalue weighted by Gasteiger charge is 2.46. The standard InChI is InChI=1S/C32H51NO7/c1-6-9-10-11-16-33-27-14-15-29(40-32(38)21(4)8-3)31-25(22(5)28(36)20-26(27)31)13-12-23(34)18-24(35)19-30(37)39-17-7-2/h7,20-25,29,31,34-35H,2,6,8-19H2,1,3-5H3. The summed E-state index contributed by atoms with van der Waals surface area (Å²) >= 11 is 0. The van der Waals surface area contributed by atoms with E-state index in [-0.39, 0.29) is 61.0 Å². The van der Waals surface area contributed by atoms with Crippen LogP contribution >= 0.6 is 0 Å². The predicted molar refractivity (Wildman–Crippen MR) is 156 cm³/mol. The molecule has 0 aromatic rings. The van der Waals surface area contributed by atoms with Crippen LogP contribution in [0.25, 0.3) is 0 Å². The largest absolute Gasteiger partial charge is 0.461 e. The highest BCUT2D eigenvalue weighted by molar-refractivity contribution is 6.08. The van der Waals surface area contributed by atoms with Gasteiger partial charge in [0.25, 0.3) is 0 Å². The van der Waals surface area contributed by atoms with Gasteiger partial charge in [0.05, 0.1) is 24.5 Å². The number of hydrogen-bond donors (Lipinski definition) is 2. The Morgan fingerprint density at radius 3 is 2.62 bits per heavy atom. The van der Waals surface area contributed by atoms with Gasteiger partial charge in [-0.2, -0.15) is 0 Å². The van der Waals surface area contributed by atoms with Crippen molar-refractivity contribution in [3.05, 3.63) is 24.3 Å². The van der Waals surface area contributed by atoms with Crippen molar-refractivity contribution in [1.29, 1.82) is 0 Å². The molecule has 0 aliphatic heterocycles. The SMILES string of the molecule is C=CCOC(=O)CC(O)CC(O)CCC1C(C)C(=O)C=C2C(=NCCCCCC)CCC(OC(=O)C(C)CC)C21. The van der Waals surface area contributed by atoms with E-state index in [0.717, 1.165) is 37.1 Å². The second-order valence-corrected chi connectivity index (χ2v) is 11.5. The lowest BCUT2D eigenvalue weighted by atomic mass is 9.63. The summed E-state index contributed by atoms with van der Waals surface area (Å²) in [7, 11) is 0. The second kappa shape index (κ2) is 17.5. The average Bonchev–Trinajstić information content (AvgIpc) is 2.92. The molecule has 8 nitrogen and oxygen atoms in total. The van der Waals surface area contributed by atoms with E-state index in [1.165, 1.54) is 12.5 Å². The number of aliphatic imine (C=N–C) groups is 1. The summed E-state index contributed by atoms with van der Waals surface area (Å²) in [5, 5.41) is 21.0. The zero-order chi connectivity index (χ0) is 29.7. The van der Waals surface area contributed by atoms with Crippen molar-refractivity contribution in [3.8, 4) is 0 Å². The van der Waals surface area contributed by atoms with Gasteiger partial charge in [-0.25, -0.2) is 0 Å². The lowest BCUT2D eigenvalue weighted by Gasteiger charge is -2.44. The number of carbonyl (C=O) groups excluding carboxylic acids is 3. The smallest absolute Gasteiger partial charge is 0.308 e. The van der Waals surface area contributed by atoms with E-state index in [1.54, 1.807) is 6.08 Å². The normalized spacial score (nSPS) is 25.9. The highest BCUT2D eigenvalue weighted by Crippen LogP contribution is 2.45. The van der Waals surface area contributed by atoms with Crippen LogP contribution in [0.15, 0.2) is 29.3 Å². The van der Waals surface area contributed by atoms with Gasteiger partial charge in [0, 0.05) is 24.1 Å². The topological polar surface area (TPSA) is 122 Å². The highest BCUT2D eigenvalue weighted by atomic mass is 16.5. The van der Waals surface area contributed by atoms with Gasteiger partial charge in [0.15, 0.2) is 5.78 Å². The van der Waals surface area contributed by atoms with Crippen LogP contribution in [0, 0.1) is 23.7 Å². The van der Waals surface area contributed by atoms with Crippen LogP contribution in [0.5, 0.6) is 0 Å². The lowest BCUT2D eigenvalue weighted by Crippen LogP contribution is -2.46. The van der Waals surface area contributed by atoms with Gasteiger partial charge in [-0.15, -0.1) is 0 Å². The Morgan fingerprint density at radius 1 is 1.20 bits per heavy atom. The summed E-state index contributed by atoms with van der Waals surface area (Å²) in [5.41, 5.74) is 1.83. The molecule has 2 aliphatic rings. The van der Waals surface area contributed by atoms with Crippen molar-refractivity contribution in [1.82, 2.24) is 0 Å². The molecule has 0 aromatic carbocycles. The third-order valence-electron chi connectivity index (χ3n) is 8.35. The number of aliphatic hydroxyl groups excluding tert-OH is 2. The Balaban J connectivity index is 2.19. The quantitative estimate of drug-likeness (QED) is 0.143. The Bertz CT molecular complexity index is 911. The van der Waals surface area contributed by atoms with Crippen LogP contribution in [0.3, 0.4) is 0 Å². The van der Waals surface area contributed by atoms with E-state index in [1.807, 2.05) is 20.8 Å². The van der Waals surface area contributed by atoms with E-state index < -0.39 is 18.2 Å². The van der Waals surface area contributed by atoms with Crippen LogP contribution in [-0.2, 0) is 23.9 Å². The third kappa shape index (κ3) is 10.3. The molecule has 1 fully saturated rings. The third-order valence-corrected chi connectivity index (χ3v) is 8.35. The van der Waals surface area contributed by atoms with Gasteiger partial charge in [-0.05, 0) is 62.5 Å². The summed E-state index contributed by atoms with van der Waals surface area (Å²) in [4.78, 5) is 42.6. The van der Waals surface area contributed by atoms with E-state index in [0.29, 0.717) is 32.1 Å². The van der Waals surface area contributed by atoms with Crippen molar-refractivity contribution in [2.75, 3.05) is 13.2 Å². The number of aliphatic hydroxyl groups is 2. The minimum Gasteiger partial charge on any atom is -0.461 e. The van der Waals surface area contributed by atoms with Crippen molar-refractivity contribution in [2.45, 2.75) is 117 Å². The Labute approximate surface area is 240 Å². The molecule has 0 amide bonds. The summed E-state index contributed by atoms with van der Waals surface area (Å²) < 4.78 is 11.0. The fraction of sp³-hybridized carbons (Fsp3) is 0.750. The number of fused-ring (bicyclic) bond motifs is 1. The average molecular weight is 562 g/mol. The molecule has 40 heavy (non-hydrogen) atoms. The molecular weight excluding hydrogens is 510 g/mol. The number of ketones is 1. The molecule has 226 valence electrons. The van der Waals surface area contributed by atoms with E-state index >= 15 is 0 Å². The predicted octanol–water partition coefficient (Wildman–Crippen LogP) is 5.15. The first-order valence-electron chi connectivity index (χ1n) is 15.2. The summed E-state index contributed by atoms with van der Waals surface area (Å²) in [5.74, 6) is -1.55. The van der Waals surface area contributed by atoms with Gasteiger partial charge in [0.2, 0.25) is 0 Å². The first-order valence-corrected chi connectivity index (χ1v) is 15.2. The van der Waals surface area contributed by atoms with E-state index in [2.05, 4.69) is 13.5 Å². The van der Waals surface area contributed by atoms with Gasteiger partial charge in [-0.1, -0.05) is 59.6 Å². The van der Waals surface area contributed by atoms with Crippen LogP contribution in [0.1, 0.15) is 98.3 Å². The number of rotatable bonds is 17. The fourth-order valence-electron chi connectivity index (χ4n) is 5.71. The summed E-state index contributed by atoms with van der Waals surface area (Å²) in [6, 6.07) is 0. The molecule has 0 aromatic heterocycles. The Hall–Kier alpha value is -2.32. The molecular formula is C32H51NO7. The first-order chi connectivity index (χ1) is 19.1. The molecule has 0 spiro atoms. The molecule has 2 N–H and O–H groups in total. The number of ether oxygens (including phenoxy) is 2. The van der Waals surface area contributed by atoms with E-state index in [9.17, 15) is 24.6 Å². The zero-order valence-electron chi connectivity index (χ0n) is 25.0. The maximum absolute atomic E-state index is 13.1. The van der Waals surface area contributed by atoms with Crippen molar-refractivity contribution in [3.63, 3.8) is 0 Å². The maximum Gasteiger partial charge on any atom is 0.308 e. The Morgan fingerprint density at radius 2 is 1.95 bits per heavy atom. The molecule has 8 heteroatoms. The number of carbonyl (C=O) groups is 3. The number of unbranched alkanes of at least 4 members (excludes halogenated alkanes) is 3. The van der Waals surface area contributed by atoms with E-state index in [4.69, 9.17) is 14.5 Å². The number of allylic oxidation sites excluding steroid dienone is 1. The molecule has 0 bridgehead atoms. The summed E-state index contributed by atoms with van der Waals surface area (Å²) in [6.07, 6.45) is 8.11.